The van der Waals surface area contributed by atoms with Gasteiger partial charge in [-0.05, 0) is 67.3 Å². The fourth-order valence-electron chi connectivity index (χ4n) is 5.28. The fourth-order valence-corrected chi connectivity index (χ4v) is 6.66. The third-order valence-corrected chi connectivity index (χ3v) is 8.59. The van der Waals surface area contributed by atoms with E-state index in [2.05, 4.69) is 10.5 Å². The quantitative estimate of drug-likeness (QED) is 0.622. The van der Waals surface area contributed by atoms with Crippen molar-refractivity contribution in [1.29, 1.82) is 5.26 Å². The van der Waals surface area contributed by atoms with Gasteiger partial charge in [0.15, 0.2) is 5.03 Å². The Morgan fingerprint density at radius 2 is 1.82 bits per heavy atom. The summed E-state index contributed by atoms with van der Waals surface area (Å²) in [5.41, 5.74) is 2.25. The zero-order chi connectivity index (χ0) is 23.2. The maximum absolute atomic E-state index is 13.4. The summed E-state index contributed by atoms with van der Waals surface area (Å²) < 4.78 is 26.8. The third-order valence-electron chi connectivity index (χ3n) is 6.88. The molecule has 168 valence electrons. The molecule has 1 heterocycles. The summed E-state index contributed by atoms with van der Waals surface area (Å²) in [4.78, 5) is 26.4. The van der Waals surface area contributed by atoms with Crippen molar-refractivity contribution < 1.29 is 13.2 Å². The second-order valence-corrected chi connectivity index (χ2v) is 10.7. The number of rotatable bonds is 5. The second-order valence-electron chi connectivity index (χ2n) is 8.88. The number of sulfone groups is 1. The van der Waals surface area contributed by atoms with Gasteiger partial charge in [-0.1, -0.05) is 24.6 Å². The van der Waals surface area contributed by atoms with E-state index in [0.29, 0.717) is 29.7 Å². The van der Waals surface area contributed by atoms with Gasteiger partial charge in [0.05, 0.1) is 21.9 Å². The van der Waals surface area contributed by atoms with Crippen molar-refractivity contribution in [2.24, 2.45) is 17.8 Å². The molecule has 9 heteroatoms. The molecule has 8 nitrogen and oxygen atoms in total. The topological polar surface area (TPSA) is 122 Å². The summed E-state index contributed by atoms with van der Waals surface area (Å²) in [6.07, 6.45) is 4.85. The van der Waals surface area contributed by atoms with Crippen LogP contribution in [0, 0.1) is 29.1 Å². The Balaban J connectivity index is 1.52. The number of nitrogens with zero attached hydrogens (tertiary/aromatic N) is 3. The van der Waals surface area contributed by atoms with Crippen LogP contribution in [-0.2, 0) is 14.6 Å². The van der Waals surface area contributed by atoms with Crippen LogP contribution in [-0.4, -0.2) is 24.2 Å². The van der Waals surface area contributed by atoms with Gasteiger partial charge in [0.1, 0.15) is 0 Å². The molecule has 3 unspecified atom stereocenters. The normalized spacial score (nSPS) is 21.7. The number of benzene rings is 2. The Kier molecular flexibility index (Phi) is 5.25. The van der Waals surface area contributed by atoms with E-state index in [0.717, 1.165) is 17.6 Å². The summed E-state index contributed by atoms with van der Waals surface area (Å²) in [7, 11) is -4.13. The lowest BCUT2D eigenvalue weighted by atomic mass is 9.86. The molecular weight excluding hydrogens is 440 g/mol. The van der Waals surface area contributed by atoms with Crippen molar-refractivity contribution in [2.45, 2.75) is 42.0 Å². The average molecular weight is 463 g/mol. The molecule has 1 amide bonds. The zero-order valence-corrected chi connectivity index (χ0v) is 18.6. The molecule has 2 saturated carbocycles. The highest BCUT2D eigenvalue weighted by Gasteiger charge is 2.40. The van der Waals surface area contributed by atoms with E-state index in [9.17, 15) is 18.0 Å². The lowest BCUT2D eigenvalue weighted by Gasteiger charge is -2.21. The predicted molar refractivity (Wildman–Crippen MR) is 121 cm³/mol. The van der Waals surface area contributed by atoms with Crippen molar-refractivity contribution in [3.63, 3.8) is 0 Å². The zero-order valence-electron chi connectivity index (χ0n) is 17.8. The first-order valence-corrected chi connectivity index (χ1v) is 12.4. The molecular formula is C24H22N4O4S. The second kappa shape index (κ2) is 8.12. The van der Waals surface area contributed by atoms with Gasteiger partial charge in [0, 0.05) is 11.8 Å². The molecule has 1 aromatic heterocycles. The Morgan fingerprint density at radius 3 is 2.45 bits per heavy atom. The van der Waals surface area contributed by atoms with Crippen molar-refractivity contribution in [2.75, 3.05) is 5.43 Å². The van der Waals surface area contributed by atoms with E-state index in [1.807, 2.05) is 6.07 Å². The summed E-state index contributed by atoms with van der Waals surface area (Å²) >= 11 is 0. The summed E-state index contributed by atoms with van der Waals surface area (Å²) in [5.74, 6) is 1.19. The van der Waals surface area contributed by atoms with Crippen LogP contribution in [0.1, 0.15) is 37.7 Å². The molecule has 2 bridgehead atoms. The summed E-state index contributed by atoms with van der Waals surface area (Å²) in [5, 5.41) is 13.0. The van der Waals surface area contributed by atoms with Gasteiger partial charge in [-0.25, -0.2) is 13.8 Å². The molecule has 0 spiro atoms. The highest BCUT2D eigenvalue weighted by molar-refractivity contribution is 7.91. The first-order chi connectivity index (χ1) is 15.9. The predicted octanol–water partition coefficient (Wildman–Crippen LogP) is 3.00. The Hall–Kier alpha value is -3.51. The Labute approximate surface area is 190 Å². The van der Waals surface area contributed by atoms with E-state index in [1.165, 1.54) is 49.2 Å². The van der Waals surface area contributed by atoms with Crippen LogP contribution < -0.4 is 11.0 Å². The maximum Gasteiger partial charge on any atom is 0.294 e. The van der Waals surface area contributed by atoms with Gasteiger partial charge in [0.25, 0.3) is 5.56 Å². The smallest absolute Gasteiger partial charge is 0.273 e. The molecule has 33 heavy (non-hydrogen) atoms. The minimum Gasteiger partial charge on any atom is -0.273 e. The van der Waals surface area contributed by atoms with Crippen molar-refractivity contribution in [1.82, 2.24) is 9.89 Å². The van der Waals surface area contributed by atoms with Gasteiger partial charge in [-0.3, -0.25) is 9.59 Å². The summed E-state index contributed by atoms with van der Waals surface area (Å²) in [6.45, 7) is 0. The minimum atomic E-state index is -4.13. The lowest BCUT2D eigenvalue weighted by Crippen LogP contribution is -2.37. The number of hydrogen-bond acceptors (Lipinski definition) is 6. The molecule has 2 aliphatic rings. The van der Waals surface area contributed by atoms with Crippen LogP contribution in [0.3, 0.4) is 0 Å². The van der Waals surface area contributed by atoms with Gasteiger partial charge in [0.2, 0.25) is 15.7 Å². The number of nitrogens with one attached hydrogen (secondary N) is 1. The molecule has 5 rings (SSSR count). The Morgan fingerprint density at radius 1 is 1.09 bits per heavy atom. The highest BCUT2D eigenvalue weighted by atomic mass is 32.2. The Bertz CT molecular complexity index is 1450. The highest BCUT2D eigenvalue weighted by Crippen LogP contribution is 2.49. The molecule has 1 N–H and O–H groups in total. The minimum absolute atomic E-state index is 0.0577. The number of hydrogen-bond donors (Lipinski definition) is 1. The third kappa shape index (κ3) is 3.80. The number of carbonyl (C=O) groups excluding carboxylic acids is 1. The van der Waals surface area contributed by atoms with E-state index in [1.54, 1.807) is 12.1 Å². The lowest BCUT2D eigenvalue weighted by molar-refractivity contribution is -0.118. The first kappa shape index (κ1) is 21.3. The molecule has 0 radical (unpaired) electrons. The van der Waals surface area contributed by atoms with Gasteiger partial charge < -0.3 is 0 Å². The molecule has 2 fully saturated rings. The van der Waals surface area contributed by atoms with Crippen LogP contribution in [0.5, 0.6) is 0 Å². The van der Waals surface area contributed by atoms with Crippen LogP contribution in [0.25, 0.3) is 10.8 Å². The van der Waals surface area contributed by atoms with Crippen LogP contribution >= 0.6 is 0 Å². The number of aromatic nitrogens is 2. The molecule has 2 aliphatic carbocycles. The van der Waals surface area contributed by atoms with E-state index < -0.39 is 15.4 Å². The number of amides is 1. The van der Waals surface area contributed by atoms with E-state index >= 15 is 0 Å². The number of nitriles is 1. The van der Waals surface area contributed by atoms with Crippen molar-refractivity contribution >= 4 is 26.5 Å². The molecule has 0 saturated heterocycles. The number of fused-ring (bicyclic) bond motifs is 3. The van der Waals surface area contributed by atoms with Crippen LogP contribution in [0.4, 0.5) is 0 Å². The average Bonchev–Trinajstić information content (AvgIpc) is 3.44. The molecule has 3 atom stereocenters. The fraction of sp³-hybridized carbons (Fsp3) is 0.333. The molecule has 3 aromatic rings. The standard InChI is InChI=1S/C24H22N4O4S/c25-14-15-6-9-19(10-7-15)33(31,32)23-20-3-1-2-4-21(20)24(30)28(27-23)26-22(29)13-18-12-16-5-8-17(18)11-16/h1-4,6-7,9-10,16-18H,5,8,11-13H2,(H,26,29). The molecule has 0 aliphatic heterocycles. The van der Waals surface area contributed by atoms with Crippen molar-refractivity contribution in [3.8, 4) is 6.07 Å². The van der Waals surface area contributed by atoms with E-state index in [-0.39, 0.29) is 26.6 Å². The van der Waals surface area contributed by atoms with Gasteiger partial charge >= 0.3 is 0 Å². The van der Waals surface area contributed by atoms with Crippen LogP contribution in [0.2, 0.25) is 0 Å². The first-order valence-electron chi connectivity index (χ1n) is 10.9. The van der Waals surface area contributed by atoms with Crippen LogP contribution in [0.15, 0.2) is 63.2 Å². The molecule has 2 aromatic carbocycles. The van der Waals surface area contributed by atoms with Gasteiger partial charge in [-0.15, -0.1) is 9.89 Å². The summed E-state index contributed by atoms with van der Waals surface area (Å²) in [6, 6.07) is 13.7. The monoisotopic (exact) mass is 462 g/mol. The van der Waals surface area contributed by atoms with Gasteiger partial charge in [-0.2, -0.15) is 5.26 Å². The van der Waals surface area contributed by atoms with E-state index in [4.69, 9.17) is 5.26 Å². The largest absolute Gasteiger partial charge is 0.294 e. The van der Waals surface area contributed by atoms with Crippen molar-refractivity contribution in [3.05, 3.63) is 64.4 Å². The number of carbonyl (C=O) groups is 1. The SMILES string of the molecule is N#Cc1ccc(S(=O)(=O)c2nn(NC(=O)CC3CC4CCC3C4)c(=O)c3ccccc23)cc1. The maximum atomic E-state index is 13.4.